The molecular formula is C12H16BrN3O2. The molecule has 0 spiro atoms. The topological polar surface area (TPSA) is 68.1 Å². The second-order valence-electron chi connectivity index (χ2n) is 4.94. The Bertz CT molecular complexity index is 467. The van der Waals surface area contributed by atoms with Gasteiger partial charge >= 0.3 is 5.69 Å². The Hall–Kier alpha value is -1.17. The monoisotopic (exact) mass is 313 g/mol. The van der Waals surface area contributed by atoms with Gasteiger partial charge in [-0.3, -0.25) is 15.1 Å². The molecule has 0 bridgehead atoms. The van der Waals surface area contributed by atoms with E-state index in [2.05, 4.69) is 40.1 Å². The summed E-state index contributed by atoms with van der Waals surface area (Å²) in [7, 11) is 0. The third kappa shape index (κ3) is 2.48. The van der Waals surface area contributed by atoms with Crippen molar-refractivity contribution in [3.63, 3.8) is 0 Å². The summed E-state index contributed by atoms with van der Waals surface area (Å²) in [5.74, 6) is 1.17. The summed E-state index contributed by atoms with van der Waals surface area (Å²) in [6, 6.07) is 0.289. The molecule has 1 aliphatic carbocycles. The predicted molar refractivity (Wildman–Crippen MR) is 73.6 cm³/mol. The van der Waals surface area contributed by atoms with Gasteiger partial charge in [0, 0.05) is 12.2 Å². The van der Waals surface area contributed by atoms with E-state index in [-0.39, 0.29) is 11.7 Å². The molecular weight excluding hydrogens is 298 g/mol. The van der Waals surface area contributed by atoms with Crippen LogP contribution in [0.4, 0.5) is 11.4 Å². The van der Waals surface area contributed by atoms with Crippen molar-refractivity contribution in [2.45, 2.75) is 32.7 Å². The van der Waals surface area contributed by atoms with Gasteiger partial charge in [0.25, 0.3) is 0 Å². The quantitative estimate of drug-likeness (QED) is 0.684. The molecule has 1 saturated carbocycles. The summed E-state index contributed by atoms with van der Waals surface area (Å²) < 4.78 is 0.642. The first-order valence-corrected chi connectivity index (χ1v) is 6.84. The molecule has 5 nitrogen and oxygen atoms in total. The maximum absolute atomic E-state index is 11.0. The Morgan fingerprint density at radius 2 is 2.17 bits per heavy atom. The van der Waals surface area contributed by atoms with Crippen LogP contribution in [0.5, 0.6) is 0 Å². The number of nitro groups is 1. The number of nitrogens with zero attached hydrogens (tertiary/aromatic N) is 2. The van der Waals surface area contributed by atoms with Crippen LogP contribution in [0.3, 0.4) is 0 Å². The molecule has 0 saturated heterocycles. The largest absolute Gasteiger partial charge is 0.375 e. The Morgan fingerprint density at radius 1 is 1.44 bits per heavy atom. The average Bonchev–Trinajstić information content (AvgIpc) is 2.63. The fourth-order valence-electron chi connectivity index (χ4n) is 2.46. The van der Waals surface area contributed by atoms with Crippen molar-refractivity contribution in [2.24, 2.45) is 11.8 Å². The number of hydrogen-bond donors (Lipinski definition) is 1. The van der Waals surface area contributed by atoms with Crippen LogP contribution in [-0.2, 0) is 0 Å². The number of halogens is 1. The summed E-state index contributed by atoms with van der Waals surface area (Å²) in [5.41, 5.74) is 0.567. The van der Waals surface area contributed by atoms with E-state index < -0.39 is 4.92 Å². The highest BCUT2D eigenvalue weighted by Crippen LogP contribution is 2.37. The summed E-state index contributed by atoms with van der Waals surface area (Å²) in [6.07, 6.45) is 5.08. The van der Waals surface area contributed by atoms with Gasteiger partial charge in [-0.15, -0.1) is 0 Å². The van der Waals surface area contributed by atoms with Crippen molar-refractivity contribution in [3.8, 4) is 0 Å². The first-order chi connectivity index (χ1) is 8.50. The first kappa shape index (κ1) is 13.3. The third-order valence-electron chi connectivity index (χ3n) is 3.87. The minimum Gasteiger partial charge on any atom is -0.375 e. The zero-order valence-corrected chi connectivity index (χ0v) is 12.0. The highest BCUT2D eigenvalue weighted by molar-refractivity contribution is 9.10. The molecule has 18 heavy (non-hydrogen) atoms. The van der Waals surface area contributed by atoms with Gasteiger partial charge < -0.3 is 5.32 Å². The van der Waals surface area contributed by atoms with Gasteiger partial charge in [0.2, 0.25) is 0 Å². The number of pyridine rings is 1. The van der Waals surface area contributed by atoms with E-state index in [1.165, 1.54) is 6.20 Å². The highest BCUT2D eigenvalue weighted by Gasteiger charge is 2.31. The Balaban J connectivity index is 2.26. The molecule has 0 aromatic carbocycles. The van der Waals surface area contributed by atoms with Gasteiger partial charge in [-0.2, -0.15) is 0 Å². The zero-order chi connectivity index (χ0) is 13.3. The summed E-state index contributed by atoms with van der Waals surface area (Å²) in [4.78, 5) is 14.4. The van der Waals surface area contributed by atoms with Crippen LogP contribution in [0.1, 0.15) is 26.7 Å². The van der Waals surface area contributed by atoms with E-state index in [1.54, 1.807) is 6.20 Å². The smallest absolute Gasteiger partial charge is 0.311 e. The van der Waals surface area contributed by atoms with Crippen LogP contribution in [0.15, 0.2) is 16.9 Å². The average molecular weight is 314 g/mol. The Morgan fingerprint density at radius 3 is 2.72 bits per heavy atom. The number of nitrogens with one attached hydrogen (secondary N) is 1. The zero-order valence-electron chi connectivity index (χ0n) is 10.4. The number of aromatic nitrogens is 1. The molecule has 1 N–H and O–H groups in total. The second kappa shape index (κ2) is 5.22. The van der Waals surface area contributed by atoms with E-state index in [4.69, 9.17) is 0 Å². The second-order valence-corrected chi connectivity index (χ2v) is 5.79. The standard InChI is InChI=1S/C12H16BrN3O2/c1-7-3-4-10(8(7)2)15-12-9(13)5-14-6-11(12)16(17)18/h5-8,10H,3-4H2,1-2H3,(H,14,15). The molecule has 0 amide bonds. The van der Waals surface area contributed by atoms with Crippen LogP contribution < -0.4 is 5.32 Å². The molecule has 1 aromatic heterocycles. The lowest BCUT2D eigenvalue weighted by atomic mass is 9.97. The minimum absolute atomic E-state index is 0.0242. The van der Waals surface area contributed by atoms with Gasteiger partial charge in [-0.05, 0) is 40.6 Å². The van der Waals surface area contributed by atoms with Crippen LogP contribution in [-0.4, -0.2) is 15.9 Å². The molecule has 3 unspecified atom stereocenters. The van der Waals surface area contributed by atoms with Crippen molar-refractivity contribution in [1.82, 2.24) is 4.98 Å². The lowest BCUT2D eigenvalue weighted by Crippen LogP contribution is -2.24. The number of rotatable bonds is 3. The van der Waals surface area contributed by atoms with Gasteiger partial charge in [-0.1, -0.05) is 13.8 Å². The van der Waals surface area contributed by atoms with Gasteiger partial charge in [-0.25, -0.2) is 0 Å². The molecule has 0 radical (unpaired) electrons. The van der Waals surface area contributed by atoms with Crippen LogP contribution in [0, 0.1) is 22.0 Å². The van der Waals surface area contributed by atoms with E-state index in [0.29, 0.717) is 22.0 Å². The maximum atomic E-state index is 11.0. The molecule has 98 valence electrons. The van der Waals surface area contributed by atoms with Crippen molar-refractivity contribution in [2.75, 3.05) is 5.32 Å². The molecule has 2 rings (SSSR count). The SMILES string of the molecule is CC1CCC(Nc2c(Br)cncc2[N+](=O)[O-])C1C. The summed E-state index contributed by atoms with van der Waals surface area (Å²) in [5, 5.41) is 14.3. The Labute approximate surface area is 114 Å². The normalized spacial score (nSPS) is 27.2. The summed E-state index contributed by atoms with van der Waals surface area (Å²) >= 11 is 3.33. The van der Waals surface area contributed by atoms with Gasteiger partial charge in [0.1, 0.15) is 11.9 Å². The van der Waals surface area contributed by atoms with Gasteiger partial charge in [0.05, 0.1) is 9.40 Å². The van der Waals surface area contributed by atoms with Crippen molar-refractivity contribution in [1.29, 1.82) is 0 Å². The summed E-state index contributed by atoms with van der Waals surface area (Å²) in [6.45, 7) is 4.42. The molecule has 1 fully saturated rings. The fourth-order valence-corrected chi connectivity index (χ4v) is 2.90. The lowest BCUT2D eigenvalue weighted by Gasteiger charge is -2.21. The van der Waals surface area contributed by atoms with Crippen molar-refractivity contribution >= 4 is 27.3 Å². The molecule has 1 heterocycles. The minimum atomic E-state index is -0.400. The number of hydrogen-bond acceptors (Lipinski definition) is 4. The molecule has 1 aromatic rings. The third-order valence-corrected chi connectivity index (χ3v) is 4.47. The number of anilines is 1. The molecule has 3 atom stereocenters. The lowest BCUT2D eigenvalue weighted by molar-refractivity contribution is -0.384. The van der Waals surface area contributed by atoms with E-state index in [0.717, 1.165) is 12.8 Å². The maximum Gasteiger partial charge on any atom is 0.311 e. The van der Waals surface area contributed by atoms with Gasteiger partial charge in [0.15, 0.2) is 0 Å². The van der Waals surface area contributed by atoms with Crippen LogP contribution in [0.25, 0.3) is 0 Å². The van der Waals surface area contributed by atoms with Crippen LogP contribution >= 0.6 is 15.9 Å². The fraction of sp³-hybridized carbons (Fsp3) is 0.583. The Kier molecular flexibility index (Phi) is 3.85. The van der Waals surface area contributed by atoms with E-state index in [9.17, 15) is 10.1 Å². The predicted octanol–water partition coefficient (Wildman–Crippen LogP) is 3.60. The van der Waals surface area contributed by atoms with E-state index >= 15 is 0 Å². The highest BCUT2D eigenvalue weighted by atomic mass is 79.9. The van der Waals surface area contributed by atoms with Crippen molar-refractivity contribution < 1.29 is 4.92 Å². The molecule has 1 aliphatic rings. The molecule has 6 heteroatoms. The van der Waals surface area contributed by atoms with Crippen molar-refractivity contribution in [3.05, 3.63) is 27.0 Å². The van der Waals surface area contributed by atoms with Crippen LogP contribution in [0.2, 0.25) is 0 Å². The first-order valence-electron chi connectivity index (χ1n) is 6.05. The molecule has 0 aliphatic heterocycles. The van der Waals surface area contributed by atoms with E-state index in [1.807, 2.05) is 0 Å².